The molecule has 0 aromatic heterocycles. The molecule has 1 saturated carbocycles. The van der Waals surface area contributed by atoms with Gasteiger partial charge in [0.05, 0.1) is 6.61 Å². The highest BCUT2D eigenvalue weighted by molar-refractivity contribution is 5.38. The Morgan fingerprint density at radius 2 is 1.58 bits per heavy atom. The molecule has 2 aromatic carbocycles. The van der Waals surface area contributed by atoms with Gasteiger partial charge in [-0.2, -0.15) is 0 Å². The average Bonchev–Trinajstić information content (AvgIpc) is 2.69. The minimum absolute atomic E-state index is 0.539. The Bertz CT molecular complexity index is 722. The van der Waals surface area contributed by atoms with Crippen LogP contribution in [0.15, 0.2) is 48.5 Å². The molecule has 0 bridgehead atoms. The Morgan fingerprint density at radius 1 is 0.885 bits per heavy atom. The van der Waals surface area contributed by atoms with Crippen LogP contribution in [0.2, 0.25) is 0 Å². The maximum atomic E-state index is 5.48. The van der Waals surface area contributed by atoms with Crippen molar-refractivity contribution >= 4 is 0 Å². The molecule has 0 aliphatic heterocycles. The third-order valence-electron chi connectivity index (χ3n) is 5.30. The second-order valence-corrected chi connectivity index (χ2v) is 7.27. The second kappa shape index (κ2) is 9.48. The summed E-state index contributed by atoms with van der Waals surface area (Å²) < 4.78 is 5.48. The highest BCUT2D eigenvalue weighted by atomic mass is 16.5. The summed E-state index contributed by atoms with van der Waals surface area (Å²) in [7, 11) is 0. The number of ether oxygens (including phenoxy) is 1. The molecular weight excluding hydrogens is 316 g/mol. The van der Waals surface area contributed by atoms with Gasteiger partial charge in [0.2, 0.25) is 0 Å². The van der Waals surface area contributed by atoms with Gasteiger partial charge >= 0.3 is 0 Å². The summed E-state index contributed by atoms with van der Waals surface area (Å²) in [4.78, 5) is 0. The maximum absolute atomic E-state index is 5.48. The lowest BCUT2D eigenvalue weighted by molar-refractivity contribution is 0.340. The normalized spacial score (nSPS) is 19.5. The number of aryl methyl sites for hydroxylation is 1. The van der Waals surface area contributed by atoms with E-state index in [0.717, 1.165) is 11.3 Å². The summed E-state index contributed by atoms with van der Waals surface area (Å²) >= 11 is 0. The molecule has 1 aliphatic rings. The van der Waals surface area contributed by atoms with Gasteiger partial charge in [-0.05, 0) is 80.3 Å². The number of hydrogen-bond acceptors (Lipinski definition) is 1. The van der Waals surface area contributed by atoms with Crippen LogP contribution in [0.1, 0.15) is 68.6 Å². The van der Waals surface area contributed by atoms with Crippen LogP contribution in [0.25, 0.3) is 0 Å². The second-order valence-electron chi connectivity index (χ2n) is 7.27. The summed E-state index contributed by atoms with van der Waals surface area (Å²) in [5.74, 6) is 9.03. The third-order valence-corrected chi connectivity index (χ3v) is 5.30. The van der Waals surface area contributed by atoms with Crippen molar-refractivity contribution in [3.05, 3.63) is 65.2 Å². The zero-order valence-corrected chi connectivity index (χ0v) is 16.1. The van der Waals surface area contributed by atoms with E-state index < -0.39 is 0 Å². The summed E-state index contributed by atoms with van der Waals surface area (Å²) in [5, 5.41) is 0. The van der Waals surface area contributed by atoms with Gasteiger partial charge in [-0.25, -0.2) is 0 Å². The van der Waals surface area contributed by atoms with E-state index in [-0.39, 0.29) is 0 Å². The fraction of sp³-hybridized carbons (Fsp3) is 0.440. The van der Waals surface area contributed by atoms with Crippen molar-refractivity contribution < 1.29 is 4.74 Å². The van der Waals surface area contributed by atoms with E-state index in [0.29, 0.717) is 18.4 Å². The van der Waals surface area contributed by atoms with Crippen molar-refractivity contribution in [3.63, 3.8) is 0 Å². The number of hydrogen-bond donors (Lipinski definition) is 0. The molecule has 0 radical (unpaired) electrons. The molecule has 0 saturated heterocycles. The molecule has 0 N–H and O–H groups in total. The SMILES string of the molecule is CCCc1ccc([C@H]2CC[C@H](C#Cc3ccc(OCC)cc3)CC2)cc1. The standard InChI is InChI=1S/C25H30O/c1-3-5-20-8-14-23(15-9-20)24-16-10-21(11-17-24)6-7-22-12-18-25(19-13-22)26-4-2/h8-9,12-15,18-19,21,24H,3-5,10-11,16-17H2,1-2H3/t21-,24-. The van der Waals surface area contributed by atoms with Gasteiger partial charge < -0.3 is 4.74 Å². The first-order valence-electron chi connectivity index (χ1n) is 10.1. The van der Waals surface area contributed by atoms with E-state index in [1.54, 1.807) is 0 Å². The molecule has 3 rings (SSSR count). The molecule has 0 spiro atoms. The Morgan fingerprint density at radius 3 is 2.19 bits per heavy atom. The zero-order valence-electron chi connectivity index (χ0n) is 16.1. The summed E-state index contributed by atoms with van der Waals surface area (Å²) in [6.45, 7) is 4.95. The van der Waals surface area contributed by atoms with E-state index in [2.05, 4.69) is 55.2 Å². The summed E-state index contributed by atoms with van der Waals surface area (Å²) in [6.07, 6.45) is 7.36. The van der Waals surface area contributed by atoms with Gasteiger partial charge in [-0.3, -0.25) is 0 Å². The van der Waals surface area contributed by atoms with E-state index in [1.165, 1.54) is 49.7 Å². The molecule has 0 unspecified atom stereocenters. The van der Waals surface area contributed by atoms with Crippen molar-refractivity contribution in [1.29, 1.82) is 0 Å². The molecule has 0 heterocycles. The summed E-state index contributed by atoms with van der Waals surface area (Å²) in [6, 6.07) is 17.5. The lowest BCUT2D eigenvalue weighted by Crippen LogP contribution is -2.12. The number of benzene rings is 2. The Hall–Kier alpha value is -2.20. The topological polar surface area (TPSA) is 9.23 Å². The van der Waals surface area contributed by atoms with Crippen LogP contribution < -0.4 is 4.74 Å². The van der Waals surface area contributed by atoms with Crippen LogP contribution >= 0.6 is 0 Å². The quantitative estimate of drug-likeness (QED) is 0.572. The minimum atomic E-state index is 0.539. The molecule has 26 heavy (non-hydrogen) atoms. The molecule has 1 aliphatic carbocycles. The molecule has 2 aromatic rings. The van der Waals surface area contributed by atoms with Crippen molar-refractivity contribution in [2.24, 2.45) is 5.92 Å². The molecule has 0 amide bonds. The van der Waals surface area contributed by atoms with E-state index in [4.69, 9.17) is 4.74 Å². The first kappa shape index (κ1) is 18.6. The molecule has 1 nitrogen and oxygen atoms in total. The van der Waals surface area contributed by atoms with Crippen LogP contribution in [-0.2, 0) is 6.42 Å². The zero-order chi connectivity index (χ0) is 18.2. The molecule has 136 valence electrons. The Labute approximate surface area is 158 Å². The molecule has 1 heteroatoms. The molecule has 1 fully saturated rings. The van der Waals surface area contributed by atoms with Gasteiger partial charge in [0.1, 0.15) is 5.75 Å². The van der Waals surface area contributed by atoms with Crippen LogP contribution in [0.5, 0.6) is 5.75 Å². The minimum Gasteiger partial charge on any atom is -0.494 e. The van der Waals surface area contributed by atoms with Gasteiger partial charge in [0, 0.05) is 11.5 Å². The lowest BCUT2D eigenvalue weighted by Gasteiger charge is -2.26. The Kier molecular flexibility index (Phi) is 6.78. The first-order chi connectivity index (χ1) is 12.8. The lowest BCUT2D eigenvalue weighted by atomic mass is 9.79. The van der Waals surface area contributed by atoms with Gasteiger partial charge in [-0.1, -0.05) is 49.5 Å². The first-order valence-corrected chi connectivity index (χ1v) is 10.1. The van der Waals surface area contributed by atoms with E-state index >= 15 is 0 Å². The Balaban J connectivity index is 1.52. The third kappa shape index (κ3) is 5.15. The van der Waals surface area contributed by atoms with Crippen LogP contribution in [0, 0.1) is 17.8 Å². The highest BCUT2D eigenvalue weighted by Gasteiger charge is 2.21. The van der Waals surface area contributed by atoms with E-state index in [1.807, 2.05) is 19.1 Å². The predicted molar refractivity (Wildman–Crippen MR) is 110 cm³/mol. The van der Waals surface area contributed by atoms with Crippen LogP contribution in [0.3, 0.4) is 0 Å². The number of rotatable bonds is 5. The van der Waals surface area contributed by atoms with Crippen LogP contribution in [0.4, 0.5) is 0 Å². The highest BCUT2D eigenvalue weighted by Crippen LogP contribution is 2.35. The van der Waals surface area contributed by atoms with Crippen molar-refractivity contribution in [2.45, 2.75) is 58.3 Å². The smallest absolute Gasteiger partial charge is 0.119 e. The largest absolute Gasteiger partial charge is 0.494 e. The maximum Gasteiger partial charge on any atom is 0.119 e. The summed E-state index contributed by atoms with van der Waals surface area (Å²) in [5.41, 5.74) is 4.07. The van der Waals surface area contributed by atoms with Crippen molar-refractivity contribution in [3.8, 4) is 17.6 Å². The van der Waals surface area contributed by atoms with Gasteiger partial charge in [0.15, 0.2) is 0 Å². The van der Waals surface area contributed by atoms with E-state index in [9.17, 15) is 0 Å². The fourth-order valence-electron chi connectivity index (χ4n) is 3.80. The van der Waals surface area contributed by atoms with Crippen LogP contribution in [-0.4, -0.2) is 6.61 Å². The van der Waals surface area contributed by atoms with Crippen molar-refractivity contribution in [2.75, 3.05) is 6.61 Å². The van der Waals surface area contributed by atoms with Crippen molar-refractivity contribution in [1.82, 2.24) is 0 Å². The molecule has 0 atom stereocenters. The van der Waals surface area contributed by atoms with Gasteiger partial charge in [-0.15, -0.1) is 0 Å². The predicted octanol–water partition coefficient (Wildman–Crippen LogP) is 6.36. The monoisotopic (exact) mass is 346 g/mol. The molecular formula is C25H30O. The fourth-order valence-corrected chi connectivity index (χ4v) is 3.80. The van der Waals surface area contributed by atoms with Gasteiger partial charge in [0.25, 0.3) is 0 Å². The average molecular weight is 347 g/mol.